The number of carbonyl (C=O) groups is 1. The Morgan fingerprint density at radius 1 is 1.00 bits per heavy atom. The predicted octanol–water partition coefficient (Wildman–Crippen LogP) is 3.04. The van der Waals surface area contributed by atoms with E-state index in [-0.39, 0.29) is 12.2 Å². The average molecular weight is 337 g/mol. The average Bonchev–Trinajstić information content (AvgIpc) is 2.67. The highest BCUT2D eigenvalue weighted by molar-refractivity contribution is 5.99. The van der Waals surface area contributed by atoms with Crippen molar-refractivity contribution in [1.82, 2.24) is 4.98 Å². The number of methoxy groups -OCH3 is 2. The smallest absolute Gasteiger partial charge is 0.191 e. The second-order valence-corrected chi connectivity index (χ2v) is 5.67. The first-order valence-electron chi connectivity index (χ1n) is 7.90. The van der Waals surface area contributed by atoms with Crippen LogP contribution in [0.1, 0.15) is 16.1 Å². The van der Waals surface area contributed by atoms with E-state index in [2.05, 4.69) is 4.98 Å². The molecular formula is C20H19NO4. The molecule has 1 heterocycles. The fourth-order valence-corrected chi connectivity index (χ4v) is 2.62. The highest BCUT2D eigenvalue weighted by atomic mass is 16.5. The van der Waals surface area contributed by atoms with E-state index in [1.165, 1.54) is 0 Å². The molecule has 5 heteroatoms. The molecule has 0 bridgehead atoms. The van der Waals surface area contributed by atoms with Gasteiger partial charge in [0.2, 0.25) is 0 Å². The van der Waals surface area contributed by atoms with Crippen LogP contribution in [0, 0.1) is 0 Å². The van der Waals surface area contributed by atoms with Crippen LogP contribution in [-0.4, -0.2) is 36.2 Å². The fraction of sp³-hybridized carbons (Fsp3) is 0.200. The Bertz CT molecular complexity index is 890. The first-order valence-corrected chi connectivity index (χ1v) is 7.90. The summed E-state index contributed by atoms with van der Waals surface area (Å²) in [5, 5.41) is 11.2. The standard InChI is InChI=1S/C20H19NO4/c1-24-16-7-4-13(5-8-16)20(23)19(22)12-15-6-3-14-11-17(25-2)9-10-18(14)21-15/h3-11,19,22H,12H2,1-2H3. The van der Waals surface area contributed by atoms with Crippen molar-refractivity contribution >= 4 is 16.7 Å². The lowest BCUT2D eigenvalue weighted by molar-refractivity contribution is 0.0746. The number of hydrogen-bond acceptors (Lipinski definition) is 5. The van der Waals surface area contributed by atoms with Gasteiger partial charge in [-0.05, 0) is 48.5 Å². The van der Waals surface area contributed by atoms with Gasteiger partial charge < -0.3 is 14.6 Å². The SMILES string of the molecule is COc1ccc(C(=O)C(O)Cc2ccc3cc(OC)ccc3n2)cc1. The van der Waals surface area contributed by atoms with Crippen LogP contribution in [0.5, 0.6) is 11.5 Å². The van der Waals surface area contributed by atoms with E-state index < -0.39 is 6.10 Å². The van der Waals surface area contributed by atoms with E-state index in [0.29, 0.717) is 17.0 Å². The number of rotatable bonds is 6. The molecule has 1 atom stereocenters. The van der Waals surface area contributed by atoms with Crippen LogP contribution < -0.4 is 9.47 Å². The molecular weight excluding hydrogens is 318 g/mol. The van der Waals surface area contributed by atoms with E-state index in [4.69, 9.17) is 9.47 Å². The third-order valence-corrected chi connectivity index (χ3v) is 4.03. The van der Waals surface area contributed by atoms with Crippen molar-refractivity contribution in [2.24, 2.45) is 0 Å². The maximum atomic E-state index is 12.4. The van der Waals surface area contributed by atoms with Gasteiger partial charge in [0.05, 0.1) is 19.7 Å². The normalized spacial score (nSPS) is 12.0. The number of benzene rings is 2. The third-order valence-electron chi connectivity index (χ3n) is 4.03. The van der Waals surface area contributed by atoms with Gasteiger partial charge in [0.25, 0.3) is 0 Å². The molecule has 128 valence electrons. The maximum absolute atomic E-state index is 12.4. The summed E-state index contributed by atoms with van der Waals surface area (Å²) in [5.41, 5.74) is 1.90. The number of aliphatic hydroxyl groups excluding tert-OH is 1. The molecule has 25 heavy (non-hydrogen) atoms. The van der Waals surface area contributed by atoms with Crippen molar-refractivity contribution in [3.8, 4) is 11.5 Å². The summed E-state index contributed by atoms with van der Waals surface area (Å²) < 4.78 is 10.3. The Labute approximate surface area is 145 Å². The van der Waals surface area contributed by atoms with E-state index >= 15 is 0 Å². The number of pyridine rings is 1. The summed E-state index contributed by atoms with van der Waals surface area (Å²) in [7, 11) is 3.18. The van der Waals surface area contributed by atoms with Crippen molar-refractivity contribution < 1.29 is 19.4 Å². The molecule has 0 radical (unpaired) electrons. The Hall–Kier alpha value is -2.92. The van der Waals surface area contributed by atoms with Crippen molar-refractivity contribution in [3.05, 3.63) is 65.9 Å². The summed E-state index contributed by atoms with van der Waals surface area (Å²) in [6.45, 7) is 0. The predicted molar refractivity (Wildman–Crippen MR) is 95.3 cm³/mol. The number of ketones is 1. The van der Waals surface area contributed by atoms with Crippen molar-refractivity contribution in [2.75, 3.05) is 14.2 Å². The number of aromatic nitrogens is 1. The molecule has 3 rings (SSSR count). The number of carbonyl (C=O) groups excluding carboxylic acids is 1. The van der Waals surface area contributed by atoms with Crippen LogP contribution in [0.4, 0.5) is 0 Å². The number of Topliss-reactive ketones (excluding diaryl/α,β-unsaturated/α-hetero) is 1. The van der Waals surface area contributed by atoms with Gasteiger partial charge in [-0.25, -0.2) is 0 Å². The van der Waals surface area contributed by atoms with Crippen LogP contribution in [0.25, 0.3) is 10.9 Å². The molecule has 0 aliphatic rings. The van der Waals surface area contributed by atoms with Crippen LogP contribution in [0.2, 0.25) is 0 Å². The number of hydrogen-bond donors (Lipinski definition) is 1. The molecule has 1 N–H and O–H groups in total. The molecule has 0 spiro atoms. The quantitative estimate of drug-likeness (QED) is 0.700. The topological polar surface area (TPSA) is 68.7 Å². The molecule has 0 aliphatic carbocycles. The van der Waals surface area contributed by atoms with Crippen LogP contribution in [-0.2, 0) is 6.42 Å². The molecule has 0 amide bonds. The number of fused-ring (bicyclic) bond motifs is 1. The lowest BCUT2D eigenvalue weighted by Gasteiger charge is -2.11. The van der Waals surface area contributed by atoms with E-state index in [0.717, 1.165) is 16.7 Å². The van der Waals surface area contributed by atoms with E-state index in [1.54, 1.807) is 38.5 Å². The van der Waals surface area contributed by atoms with E-state index in [9.17, 15) is 9.90 Å². The zero-order valence-electron chi connectivity index (χ0n) is 14.1. The Kier molecular flexibility index (Phi) is 4.95. The first-order chi connectivity index (χ1) is 12.1. The van der Waals surface area contributed by atoms with Gasteiger partial charge in [-0.3, -0.25) is 9.78 Å². The minimum absolute atomic E-state index is 0.160. The summed E-state index contributed by atoms with van der Waals surface area (Å²) in [6.07, 6.45) is -0.982. The van der Waals surface area contributed by atoms with Gasteiger partial charge >= 0.3 is 0 Å². The Morgan fingerprint density at radius 3 is 2.36 bits per heavy atom. The Morgan fingerprint density at radius 2 is 1.68 bits per heavy atom. The molecule has 1 unspecified atom stereocenters. The van der Waals surface area contributed by atoms with Crippen molar-refractivity contribution in [3.63, 3.8) is 0 Å². The summed E-state index contributed by atoms with van der Waals surface area (Å²) in [5.74, 6) is 1.09. The summed E-state index contributed by atoms with van der Waals surface area (Å²) >= 11 is 0. The molecule has 0 fully saturated rings. The number of nitrogens with zero attached hydrogens (tertiary/aromatic N) is 1. The van der Waals surface area contributed by atoms with Crippen LogP contribution in [0.15, 0.2) is 54.6 Å². The lowest BCUT2D eigenvalue weighted by Crippen LogP contribution is -2.23. The largest absolute Gasteiger partial charge is 0.497 e. The monoisotopic (exact) mass is 337 g/mol. The van der Waals surface area contributed by atoms with Gasteiger partial charge in [-0.15, -0.1) is 0 Å². The summed E-state index contributed by atoms with van der Waals surface area (Å²) in [6, 6.07) is 16.0. The van der Waals surface area contributed by atoms with Gasteiger partial charge in [0, 0.05) is 23.1 Å². The lowest BCUT2D eigenvalue weighted by atomic mass is 10.0. The minimum Gasteiger partial charge on any atom is -0.497 e. The highest BCUT2D eigenvalue weighted by Gasteiger charge is 2.18. The maximum Gasteiger partial charge on any atom is 0.191 e. The van der Waals surface area contributed by atoms with Gasteiger partial charge in [0.1, 0.15) is 17.6 Å². The number of ether oxygens (including phenoxy) is 2. The highest BCUT2D eigenvalue weighted by Crippen LogP contribution is 2.20. The second-order valence-electron chi connectivity index (χ2n) is 5.67. The molecule has 0 aliphatic heterocycles. The van der Waals surface area contributed by atoms with Crippen molar-refractivity contribution in [1.29, 1.82) is 0 Å². The van der Waals surface area contributed by atoms with Crippen LogP contribution >= 0.6 is 0 Å². The molecule has 0 saturated heterocycles. The molecule has 2 aromatic carbocycles. The van der Waals surface area contributed by atoms with E-state index in [1.807, 2.05) is 30.3 Å². The second kappa shape index (κ2) is 7.32. The number of aliphatic hydroxyl groups is 1. The Balaban J connectivity index is 1.76. The minimum atomic E-state index is -1.14. The van der Waals surface area contributed by atoms with Gasteiger partial charge in [0.15, 0.2) is 5.78 Å². The molecule has 0 saturated carbocycles. The van der Waals surface area contributed by atoms with Gasteiger partial charge in [-0.2, -0.15) is 0 Å². The van der Waals surface area contributed by atoms with Crippen LogP contribution in [0.3, 0.4) is 0 Å². The molecule has 3 aromatic rings. The molecule has 1 aromatic heterocycles. The van der Waals surface area contributed by atoms with Crippen molar-refractivity contribution in [2.45, 2.75) is 12.5 Å². The fourth-order valence-electron chi connectivity index (χ4n) is 2.62. The third kappa shape index (κ3) is 3.78. The molecule has 5 nitrogen and oxygen atoms in total. The summed E-state index contributed by atoms with van der Waals surface area (Å²) in [4.78, 5) is 16.9. The zero-order valence-corrected chi connectivity index (χ0v) is 14.1. The first kappa shape index (κ1) is 16.9. The zero-order chi connectivity index (χ0) is 17.8. The van der Waals surface area contributed by atoms with Gasteiger partial charge in [-0.1, -0.05) is 6.07 Å².